The highest BCUT2D eigenvalue weighted by molar-refractivity contribution is 5.92. The third-order valence-electron chi connectivity index (χ3n) is 4.72. The van der Waals surface area contributed by atoms with Crippen LogP contribution in [-0.4, -0.2) is 18.1 Å². The number of aryl methyl sites for hydroxylation is 2. The quantitative estimate of drug-likeness (QED) is 0.564. The molecule has 3 aromatic rings. The van der Waals surface area contributed by atoms with E-state index < -0.39 is 0 Å². The molecule has 3 heteroatoms. The van der Waals surface area contributed by atoms with Gasteiger partial charge >= 0.3 is 0 Å². The maximum atomic E-state index is 5.87. The van der Waals surface area contributed by atoms with Gasteiger partial charge in [-0.3, -0.25) is 0 Å². The Balaban J connectivity index is 2.14. The van der Waals surface area contributed by atoms with E-state index in [1.165, 1.54) is 27.7 Å². The summed E-state index contributed by atoms with van der Waals surface area (Å²) in [6.45, 7) is 5.64. The second kappa shape index (κ2) is 8.21. The Morgan fingerprint density at radius 1 is 1.04 bits per heavy atom. The average Bonchev–Trinajstić information content (AvgIpc) is 3.00. The van der Waals surface area contributed by atoms with E-state index in [0.29, 0.717) is 6.61 Å². The molecule has 25 heavy (non-hydrogen) atoms. The molecular weight excluding hydrogens is 308 g/mol. The molecule has 0 aliphatic heterocycles. The highest BCUT2D eigenvalue weighted by Crippen LogP contribution is 2.37. The van der Waals surface area contributed by atoms with Gasteiger partial charge in [-0.05, 0) is 74.5 Å². The van der Waals surface area contributed by atoms with Gasteiger partial charge in [-0.2, -0.15) is 0 Å². The number of fused-ring (bicyclic) bond motifs is 1. The SMILES string of the molecule is CCOc1ccccc1-c1[nH]c2ccc(CC)cc2c1CCCCN. The van der Waals surface area contributed by atoms with Crippen LogP contribution in [0.3, 0.4) is 0 Å². The molecular formula is C22H28N2O. The molecule has 0 radical (unpaired) electrons. The fourth-order valence-corrected chi connectivity index (χ4v) is 3.41. The number of nitrogens with one attached hydrogen (secondary N) is 1. The minimum absolute atomic E-state index is 0.666. The normalized spacial score (nSPS) is 11.2. The third-order valence-corrected chi connectivity index (χ3v) is 4.72. The van der Waals surface area contributed by atoms with Crippen molar-refractivity contribution in [3.8, 4) is 17.0 Å². The number of para-hydroxylation sites is 1. The summed E-state index contributed by atoms with van der Waals surface area (Å²) >= 11 is 0. The monoisotopic (exact) mass is 336 g/mol. The maximum Gasteiger partial charge on any atom is 0.128 e. The molecule has 3 nitrogen and oxygen atoms in total. The first-order chi connectivity index (χ1) is 12.3. The Morgan fingerprint density at radius 3 is 2.64 bits per heavy atom. The Bertz CT molecular complexity index is 835. The van der Waals surface area contributed by atoms with Gasteiger partial charge in [0.2, 0.25) is 0 Å². The van der Waals surface area contributed by atoms with Crippen LogP contribution in [0.4, 0.5) is 0 Å². The molecule has 0 atom stereocenters. The van der Waals surface area contributed by atoms with Gasteiger partial charge in [0.25, 0.3) is 0 Å². The summed E-state index contributed by atoms with van der Waals surface area (Å²) in [6.07, 6.45) is 4.23. The van der Waals surface area contributed by atoms with Gasteiger partial charge in [-0.15, -0.1) is 0 Å². The summed E-state index contributed by atoms with van der Waals surface area (Å²) in [5, 5.41) is 1.33. The lowest BCUT2D eigenvalue weighted by molar-refractivity contribution is 0.341. The van der Waals surface area contributed by atoms with Gasteiger partial charge in [-0.25, -0.2) is 0 Å². The van der Waals surface area contributed by atoms with E-state index >= 15 is 0 Å². The first-order valence-electron chi connectivity index (χ1n) is 9.34. The lowest BCUT2D eigenvalue weighted by Gasteiger charge is -2.11. The van der Waals surface area contributed by atoms with Crippen LogP contribution in [0.2, 0.25) is 0 Å². The van der Waals surface area contributed by atoms with Gasteiger partial charge < -0.3 is 15.5 Å². The van der Waals surface area contributed by atoms with Gasteiger partial charge in [0.15, 0.2) is 0 Å². The molecule has 3 rings (SSSR count). The zero-order valence-electron chi connectivity index (χ0n) is 15.3. The van der Waals surface area contributed by atoms with Gasteiger partial charge in [0.1, 0.15) is 5.75 Å². The van der Waals surface area contributed by atoms with Crippen LogP contribution in [0.15, 0.2) is 42.5 Å². The van der Waals surface area contributed by atoms with Gasteiger partial charge in [-0.1, -0.05) is 25.1 Å². The zero-order chi connectivity index (χ0) is 17.6. The number of rotatable bonds is 8. The summed E-state index contributed by atoms with van der Waals surface area (Å²) < 4.78 is 5.87. The molecule has 0 saturated heterocycles. The topological polar surface area (TPSA) is 51.0 Å². The molecule has 0 spiro atoms. The molecule has 132 valence electrons. The Hall–Kier alpha value is -2.26. The van der Waals surface area contributed by atoms with Crippen molar-refractivity contribution >= 4 is 10.9 Å². The fraction of sp³-hybridized carbons (Fsp3) is 0.364. The summed E-state index contributed by atoms with van der Waals surface area (Å²) in [7, 11) is 0. The van der Waals surface area contributed by atoms with Crippen molar-refractivity contribution in [3.63, 3.8) is 0 Å². The van der Waals surface area contributed by atoms with Crippen molar-refractivity contribution in [2.45, 2.75) is 39.5 Å². The van der Waals surface area contributed by atoms with Crippen molar-refractivity contribution in [1.29, 1.82) is 0 Å². The largest absolute Gasteiger partial charge is 0.493 e. The number of unbranched alkanes of at least 4 members (excludes halogenated alkanes) is 1. The molecule has 0 amide bonds. The fourth-order valence-electron chi connectivity index (χ4n) is 3.41. The zero-order valence-corrected chi connectivity index (χ0v) is 15.3. The number of hydrogen-bond donors (Lipinski definition) is 2. The molecule has 0 aliphatic carbocycles. The van der Waals surface area contributed by atoms with Crippen LogP contribution in [0.5, 0.6) is 5.75 Å². The van der Waals surface area contributed by atoms with Crippen molar-refractivity contribution < 1.29 is 4.74 Å². The minimum Gasteiger partial charge on any atom is -0.493 e. The van der Waals surface area contributed by atoms with E-state index in [0.717, 1.165) is 43.5 Å². The number of aromatic nitrogens is 1. The van der Waals surface area contributed by atoms with E-state index in [-0.39, 0.29) is 0 Å². The van der Waals surface area contributed by atoms with Crippen LogP contribution in [0, 0.1) is 0 Å². The van der Waals surface area contributed by atoms with Crippen LogP contribution < -0.4 is 10.5 Å². The van der Waals surface area contributed by atoms with Crippen LogP contribution in [0.25, 0.3) is 22.2 Å². The lowest BCUT2D eigenvalue weighted by Crippen LogP contribution is -2.00. The first kappa shape index (κ1) is 17.6. The predicted molar refractivity (Wildman–Crippen MR) is 106 cm³/mol. The van der Waals surface area contributed by atoms with E-state index in [9.17, 15) is 0 Å². The summed E-state index contributed by atoms with van der Waals surface area (Å²) in [6, 6.07) is 15.0. The highest BCUT2D eigenvalue weighted by atomic mass is 16.5. The van der Waals surface area contributed by atoms with E-state index in [2.05, 4.69) is 42.2 Å². The standard InChI is InChI=1S/C22H28N2O/c1-3-16-12-13-20-19(15-16)17(9-7-8-14-23)22(24-20)18-10-5-6-11-21(18)25-4-2/h5-6,10-13,15,24H,3-4,7-9,14,23H2,1-2H3. The molecule has 1 heterocycles. The Labute approximate surface area is 150 Å². The molecule has 0 aliphatic rings. The molecule has 0 saturated carbocycles. The molecule has 0 fully saturated rings. The van der Waals surface area contributed by atoms with Gasteiger partial charge in [0.05, 0.1) is 12.3 Å². The van der Waals surface area contributed by atoms with Crippen molar-refractivity contribution in [3.05, 3.63) is 53.6 Å². The number of nitrogens with two attached hydrogens (primary N) is 1. The predicted octanol–water partition coefficient (Wildman–Crippen LogP) is 5.08. The first-order valence-corrected chi connectivity index (χ1v) is 9.34. The second-order valence-corrected chi connectivity index (χ2v) is 6.39. The molecule has 2 aromatic carbocycles. The lowest BCUT2D eigenvalue weighted by atomic mass is 9.98. The number of aromatic amines is 1. The minimum atomic E-state index is 0.666. The third kappa shape index (κ3) is 3.72. The Morgan fingerprint density at radius 2 is 1.88 bits per heavy atom. The summed E-state index contributed by atoms with van der Waals surface area (Å²) in [5.74, 6) is 0.937. The second-order valence-electron chi connectivity index (χ2n) is 6.39. The van der Waals surface area contributed by atoms with Crippen LogP contribution in [-0.2, 0) is 12.8 Å². The van der Waals surface area contributed by atoms with E-state index in [4.69, 9.17) is 10.5 Å². The maximum absolute atomic E-state index is 5.87. The van der Waals surface area contributed by atoms with Gasteiger partial charge in [0, 0.05) is 16.5 Å². The molecule has 3 N–H and O–H groups in total. The molecule has 0 unspecified atom stereocenters. The number of ether oxygens (including phenoxy) is 1. The highest BCUT2D eigenvalue weighted by Gasteiger charge is 2.16. The summed E-state index contributed by atoms with van der Waals surface area (Å²) in [5.41, 5.74) is 12.0. The molecule has 1 aromatic heterocycles. The van der Waals surface area contributed by atoms with E-state index in [1.807, 2.05) is 19.1 Å². The van der Waals surface area contributed by atoms with Crippen LogP contribution in [0.1, 0.15) is 37.8 Å². The van der Waals surface area contributed by atoms with Crippen molar-refractivity contribution in [2.75, 3.05) is 13.2 Å². The molecule has 0 bridgehead atoms. The van der Waals surface area contributed by atoms with Crippen molar-refractivity contribution in [1.82, 2.24) is 4.98 Å². The summed E-state index contributed by atoms with van der Waals surface area (Å²) in [4.78, 5) is 3.65. The van der Waals surface area contributed by atoms with E-state index in [1.54, 1.807) is 0 Å². The van der Waals surface area contributed by atoms with Crippen LogP contribution >= 0.6 is 0 Å². The average molecular weight is 336 g/mol. The smallest absolute Gasteiger partial charge is 0.128 e. The van der Waals surface area contributed by atoms with Crippen molar-refractivity contribution in [2.24, 2.45) is 5.73 Å². The number of H-pyrrole nitrogens is 1. The Kier molecular flexibility index (Phi) is 5.77. The number of hydrogen-bond acceptors (Lipinski definition) is 2. The number of benzene rings is 2.